The van der Waals surface area contributed by atoms with Crippen molar-refractivity contribution in [1.82, 2.24) is 20.3 Å². The van der Waals surface area contributed by atoms with Gasteiger partial charge in [-0.25, -0.2) is 4.68 Å². The van der Waals surface area contributed by atoms with Gasteiger partial charge in [0.1, 0.15) is 18.0 Å². The van der Waals surface area contributed by atoms with Crippen molar-refractivity contribution in [3.63, 3.8) is 0 Å². The van der Waals surface area contributed by atoms with E-state index in [-0.39, 0.29) is 23.6 Å². The lowest BCUT2D eigenvalue weighted by atomic mass is 10.1. The molecule has 0 atom stereocenters. The first-order chi connectivity index (χ1) is 13.2. The van der Waals surface area contributed by atoms with Gasteiger partial charge in [-0.3, -0.25) is 9.59 Å². The summed E-state index contributed by atoms with van der Waals surface area (Å²) in [5.74, 6) is -1.50. The fourth-order valence-electron chi connectivity index (χ4n) is 2.15. The molecule has 1 heterocycles. The van der Waals surface area contributed by atoms with Crippen molar-refractivity contribution in [2.45, 2.75) is 19.0 Å². The number of unbranched alkanes of at least 4 members (excludes halogenated alkanes) is 1. The van der Waals surface area contributed by atoms with Crippen LogP contribution in [0.15, 0.2) is 37.1 Å². The fourth-order valence-corrected chi connectivity index (χ4v) is 2.15. The number of hydrogen-bond acceptors (Lipinski definition) is 5. The van der Waals surface area contributed by atoms with E-state index in [1.54, 1.807) is 11.4 Å². The zero-order valence-electron chi connectivity index (χ0n) is 14.7. The van der Waals surface area contributed by atoms with Crippen LogP contribution in [0.2, 0.25) is 0 Å². The highest BCUT2D eigenvalue weighted by Crippen LogP contribution is 2.25. The molecule has 0 unspecified atom stereocenters. The van der Waals surface area contributed by atoms with E-state index in [1.165, 1.54) is 29.1 Å². The van der Waals surface area contributed by atoms with Gasteiger partial charge in [0, 0.05) is 5.56 Å². The number of carbonyl (C=O) groups excluding carboxylic acids is 2. The highest BCUT2D eigenvalue weighted by atomic mass is 19.4. The topological polar surface area (TPSA) is 112 Å². The Morgan fingerprint density at radius 3 is 2.71 bits per heavy atom. The number of amides is 2. The number of carbonyl (C=O) groups is 2. The lowest BCUT2D eigenvalue weighted by molar-refractivity contribution is -0.123. The molecule has 11 heteroatoms. The van der Waals surface area contributed by atoms with E-state index in [9.17, 15) is 22.8 Å². The molecule has 0 saturated heterocycles. The van der Waals surface area contributed by atoms with Gasteiger partial charge in [0.05, 0.1) is 12.8 Å². The number of nitrogens with zero attached hydrogens (tertiary/aromatic N) is 3. The number of ether oxygens (including phenoxy) is 1. The van der Waals surface area contributed by atoms with Crippen LogP contribution in [0.25, 0.3) is 5.69 Å². The Morgan fingerprint density at radius 2 is 2.11 bits per heavy atom. The van der Waals surface area contributed by atoms with Gasteiger partial charge < -0.3 is 15.8 Å². The average molecular weight is 397 g/mol. The minimum absolute atomic E-state index is 0.0260. The van der Waals surface area contributed by atoms with Gasteiger partial charge in [-0.1, -0.05) is 11.3 Å². The van der Waals surface area contributed by atoms with Gasteiger partial charge in [0.2, 0.25) is 0 Å². The Labute approximate surface area is 158 Å². The maximum Gasteiger partial charge on any atom is 0.405 e. The van der Waals surface area contributed by atoms with Gasteiger partial charge in [-0.05, 0) is 31.0 Å². The third-order valence-electron chi connectivity index (χ3n) is 3.47. The number of hydrogen-bond donors (Lipinski definition) is 2. The molecule has 0 bridgehead atoms. The molecule has 1 aromatic carbocycles. The summed E-state index contributed by atoms with van der Waals surface area (Å²) in [4.78, 5) is 23.2. The molecule has 0 aliphatic carbocycles. The maximum atomic E-state index is 12.3. The second-order valence-electron chi connectivity index (χ2n) is 5.67. The Bertz CT molecular complexity index is 864. The number of allylic oxidation sites excluding steroid dienone is 1. The highest BCUT2D eigenvalue weighted by molar-refractivity contribution is 5.95. The quantitative estimate of drug-likeness (QED) is 0.497. The number of aromatic nitrogens is 3. The summed E-state index contributed by atoms with van der Waals surface area (Å²) in [5.41, 5.74) is 5.38. The van der Waals surface area contributed by atoms with Gasteiger partial charge in [0.15, 0.2) is 5.69 Å². The SMILES string of the molecule is C=CCCCOc1cc(C(=O)NCC(F)(F)F)ccc1-n1cc(C(N)=O)nn1. The van der Waals surface area contributed by atoms with E-state index in [0.29, 0.717) is 18.5 Å². The van der Waals surface area contributed by atoms with Crippen molar-refractivity contribution in [2.24, 2.45) is 5.73 Å². The van der Waals surface area contributed by atoms with E-state index in [0.717, 1.165) is 0 Å². The molecule has 150 valence electrons. The van der Waals surface area contributed by atoms with E-state index in [2.05, 4.69) is 16.9 Å². The first-order valence-electron chi connectivity index (χ1n) is 8.16. The highest BCUT2D eigenvalue weighted by Gasteiger charge is 2.28. The third-order valence-corrected chi connectivity index (χ3v) is 3.47. The molecule has 0 aliphatic rings. The van der Waals surface area contributed by atoms with Gasteiger partial charge in [-0.2, -0.15) is 13.2 Å². The molecule has 2 amide bonds. The summed E-state index contributed by atoms with van der Waals surface area (Å²) in [6.45, 7) is 2.42. The maximum absolute atomic E-state index is 12.3. The number of nitrogens with two attached hydrogens (primary N) is 1. The van der Waals surface area contributed by atoms with Crippen LogP contribution in [-0.2, 0) is 0 Å². The molecule has 0 saturated carbocycles. The molecular weight excluding hydrogens is 379 g/mol. The van der Waals surface area contributed by atoms with Crippen LogP contribution >= 0.6 is 0 Å². The largest absolute Gasteiger partial charge is 0.491 e. The number of halogens is 3. The predicted molar refractivity (Wildman–Crippen MR) is 93.2 cm³/mol. The second-order valence-corrected chi connectivity index (χ2v) is 5.67. The van der Waals surface area contributed by atoms with Gasteiger partial charge >= 0.3 is 6.18 Å². The first kappa shape index (κ1) is 20.9. The minimum Gasteiger partial charge on any atom is -0.491 e. The van der Waals surface area contributed by atoms with Crippen molar-refractivity contribution < 1.29 is 27.5 Å². The summed E-state index contributed by atoms with van der Waals surface area (Å²) in [7, 11) is 0. The van der Waals surface area contributed by atoms with Crippen molar-refractivity contribution in [3.05, 3.63) is 48.3 Å². The lowest BCUT2D eigenvalue weighted by Gasteiger charge is -2.13. The normalized spacial score (nSPS) is 11.1. The zero-order chi connectivity index (χ0) is 20.7. The Morgan fingerprint density at radius 1 is 1.36 bits per heavy atom. The molecule has 0 spiro atoms. The van der Waals surface area contributed by atoms with Crippen molar-refractivity contribution in [3.8, 4) is 11.4 Å². The van der Waals surface area contributed by atoms with Crippen LogP contribution in [0.1, 0.15) is 33.7 Å². The number of benzene rings is 1. The summed E-state index contributed by atoms with van der Waals surface area (Å²) >= 11 is 0. The summed E-state index contributed by atoms with van der Waals surface area (Å²) < 4.78 is 43.8. The Hall–Kier alpha value is -3.37. The number of nitrogens with one attached hydrogen (secondary N) is 1. The van der Waals surface area contributed by atoms with E-state index in [4.69, 9.17) is 10.5 Å². The number of rotatable bonds is 9. The summed E-state index contributed by atoms with van der Waals surface area (Å²) in [5, 5.41) is 9.19. The van der Waals surface area contributed by atoms with Gasteiger partial charge in [-0.15, -0.1) is 11.7 Å². The van der Waals surface area contributed by atoms with E-state index in [1.807, 2.05) is 0 Å². The Balaban J connectivity index is 2.28. The molecule has 1 aromatic heterocycles. The molecular formula is C17H18F3N5O3. The van der Waals surface area contributed by atoms with Crippen molar-refractivity contribution >= 4 is 11.8 Å². The summed E-state index contributed by atoms with van der Waals surface area (Å²) in [6.07, 6.45) is -0.210. The molecule has 0 radical (unpaired) electrons. The molecule has 3 N–H and O–H groups in total. The number of alkyl halides is 3. The predicted octanol–water partition coefficient (Wildman–Crippen LogP) is 2.00. The first-order valence-corrected chi connectivity index (χ1v) is 8.16. The van der Waals surface area contributed by atoms with E-state index < -0.39 is 24.5 Å². The minimum atomic E-state index is -4.52. The standard InChI is InChI=1S/C17H18F3N5O3/c1-2-3-4-7-28-14-8-11(16(27)22-10-17(18,19)20)5-6-13(14)25-9-12(15(21)26)23-24-25/h2,5-6,8-9H,1,3-4,7,10H2,(H2,21,26)(H,22,27). The van der Waals surface area contributed by atoms with Crippen LogP contribution in [-0.4, -0.2) is 46.1 Å². The summed E-state index contributed by atoms with van der Waals surface area (Å²) in [6, 6.07) is 4.02. The van der Waals surface area contributed by atoms with Crippen LogP contribution in [0, 0.1) is 0 Å². The molecule has 8 nitrogen and oxygen atoms in total. The fraction of sp³-hybridized carbons (Fsp3) is 0.294. The van der Waals surface area contributed by atoms with Crippen LogP contribution < -0.4 is 15.8 Å². The molecule has 28 heavy (non-hydrogen) atoms. The van der Waals surface area contributed by atoms with Crippen LogP contribution in [0.4, 0.5) is 13.2 Å². The number of primary amides is 1. The molecule has 2 aromatic rings. The van der Waals surface area contributed by atoms with Crippen molar-refractivity contribution in [1.29, 1.82) is 0 Å². The van der Waals surface area contributed by atoms with Crippen LogP contribution in [0.5, 0.6) is 5.75 Å². The second kappa shape index (κ2) is 9.02. The van der Waals surface area contributed by atoms with Gasteiger partial charge in [0.25, 0.3) is 11.8 Å². The Kier molecular flexibility index (Phi) is 6.74. The molecule has 2 rings (SSSR count). The third kappa shape index (κ3) is 5.83. The van der Waals surface area contributed by atoms with Crippen LogP contribution in [0.3, 0.4) is 0 Å². The molecule has 0 fully saturated rings. The average Bonchev–Trinajstić information content (AvgIpc) is 3.13. The van der Waals surface area contributed by atoms with Crippen molar-refractivity contribution in [2.75, 3.05) is 13.2 Å². The zero-order valence-corrected chi connectivity index (χ0v) is 14.7. The smallest absolute Gasteiger partial charge is 0.405 e. The monoisotopic (exact) mass is 397 g/mol. The molecule has 0 aliphatic heterocycles. The lowest BCUT2D eigenvalue weighted by Crippen LogP contribution is -2.33. The van der Waals surface area contributed by atoms with E-state index >= 15 is 0 Å².